The minimum Gasteiger partial charge on any atom is -0.487 e. The lowest BCUT2D eigenvalue weighted by Crippen LogP contribution is -2.42. The zero-order valence-electron chi connectivity index (χ0n) is 18.9. The second-order valence-corrected chi connectivity index (χ2v) is 11.0. The van der Waals surface area contributed by atoms with Gasteiger partial charge < -0.3 is 10.1 Å². The lowest BCUT2D eigenvalue weighted by Gasteiger charge is -2.34. The number of benzene rings is 3. The van der Waals surface area contributed by atoms with Crippen LogP contribution in [0.3, 0.4) is 0 Å². The maximum Gasteiger partial charge on any atom is 0.264 e. The van der Waals surface area contributed by atoms with E-state index in [4.69, 9.17) is 16.3 Å². The van der Waals surface area contributed by atoms with Crippen molar-refractivity contribution in [3.05, 3.63) is 83.1 Å². The first-order valence-corrected chi connectivity index (χ1v) is 12.5. The van der Waals surface area contributed by atoms with Gasteiger partial charge in [0.1, 0.15) is 17.7 Å². The maximum atomic E-state index is 13.4. The van der Waals surface area contributed by atoms with Crippen molar-refractivity contribution in [1.82, 2.24) is 0 Å². The monoisotopic (exact) mass is 502 g/mol. The van der Waals surface area contributed by atoms with Gasteiger partial charge in [-0.3, -0.25) is 9.10 Å². The fourth-order valence-corrected chi connectivity index (χ4v) is 5.39. The normalized spacial score (nSPS) is 15.9. The first-order valence-electron chi connectivity index (χ1n) is 10.6. The number of nitrogens with zero attached hydrogens (tertiary/aromatic N) is 1. The molecule has 1 atom stereocenters. The standard InChI is InChI=1S/C25H24ClFN2O4S/c1-16-15-29(34(31,32)21-11-8-19(27)9-12-21)22-14-20(10-13-23(22)33-16)28-24(30)25(2,3)17-4-6-18(26)7-5-17/h4-14,16H,15H2,1-3H3,(H,28,30)/t16-/m0/s1. The summed E-state index contributed by atoms with van der Waals surface area (Å²) in [5.74, 6) is -0.421. The van der Waals surface area contributed by atoms with Crippen LogP contribution < -0.4 is 14.4 Å². The Hall–Kier alpha value is -3.10. The van der Waals surface area contributed by atoms with Gasteiger partial charge in [-0.15, -0.1) is 0 Å². The van der Waals surface area contributed by atoms with Crippen LogP contribution in [0.1, 0.15) is 26.3 Å². The van der Waals surface area contributed by atoms with Crippen LogP contribution in [0.5, 0.6) is 5.75 Å². The zero-order chi connectivity index (χ0) is 24.7. The minimum absolute atomic E-state index is 0.0349. The number of hydrogen-bond acceptors (Lipinski definition) is 4. The first-order chi connectivity index (χ1) is 16.0. The molecule has 3 aromatic carbocycles. The van der Waals surface area contributed by atoms with Crippen molar-refractivity contribution in [2.24, 2.45) is 0 Å². The number of ether oxygens (including phenoxy) is 1. The van der Waals surface area contributed by atoms with E-state index >= 15 is 0 Å². The molecule has 1 amide bonds. The number of nitrogens with one attached hydrogen (secondary N) is 1. The van der Waals surface area contributed by atoms with E-state index in [-0.39, 0.29) is 17.3 Å². The fourth-order valence-electron chi connectivity index (χ4n) is 3.72. The van der Waals surface area contributed by atoms with E-state index in [0.29, 0.717) is 22.1 Å². The molecule has 3 aromatic rings. The molecule has 6 nitrogen and oxygen atoms in total. The molecule has 4 rings (SSSR count). The highest BCUT2D eigenvalue weighted by Gasteiger charge is 2.34. The number of rotatable bonds is 5. The van der Waals surface area contributed by atoms with Gasteiger partial charge in [-0.25, -0.2) is 12.8 Å². The molecule has 0 bridgehead atoms. The van der Waals surface area contributed by atoms with Gasteiger partial charge in [-0.1, -0.05) is 23.7 Å². The van der Waals surface area contributed by atoms with Crippen LogP contribution >= 0.6 is 11.6 Å². The smallest absolute Gasteiger partial charge is 0.264 e. The van der Waals surface area contributed by atoms with Crippen LogP contribution in [0.4, 0.5) is 15.8 Å². The molecule has 0 fully saturated rings. The van der Waals surface area contributed by atoms with E-state index in [9.17, 15) is 17.6 Å². The van der Waals surface area contributed by atoms with Crippen molar-refractivity contribution in [2.75, 3.05) is 16.2 Å². The Kier molecular flexibility index (Phi) is 6.31. The quantitative estimate of drug-likeness (QED) is 0.509. The van der Waals surface area contributed by atoms with Crippen LogP contribution in [0.2, 0.25) is 5.02 Å². The molecule has 1 N–H and O–H groups in total. The minimum atomic E-state index is -3.98. The number of amides is 1. The summed E-state index contributed by atoms with van der Waals surface area (Å²) in [6, 6.07) is 16.6. The summed E-state index contributed by atoms with van der Waals surface area (Å²) in [5, 5.41) is 3.45. The number of sulfonamides is 1. The van der Waals surface area contributed by atoms with Crippen molar-refractivity contribution < 1.29 is 22.3 Å². The summed E-state index contributed by atoms with van der Waals surface area (Å²) in [5.41, 5.74) is 0.628. The third-order valence-electron chi connectivity index (χ3n) is 5.77. The van der Waals surface area contributed by atoms with E-state index in [1.807, 2.05) is 0 Å². The van der Waals surface area contributed by atoms with Gasteiger partial charge in [0.2, 0.25) is 5.91 Å². The lowest BCUT2D eigenvalue weighted by molar-refractivity contribution is -0.120. The molecule has 0 unspecified atom stereocenters. The molecule has 0 saturated carbocycles. The highest BCUT2D eigenvalue weighted by molar-refractivity contribution is 7.92. The highest BCUT2D eigenvalue weighted by Crippen LogP contribution is 2.39. The van der Waals surface area contributed by atoms with Crippen LogP contribution in [0.15, 0.2) is 71.6 Å². The molecule has 9 heteroatoms. The number of carbonyl (C=O) groups excluding carboxylic acids is 1. The maximum absolute atomic E-state index is 13.4. The molecule has 1 heterocycles. The van der Waals surface area contributed by atoms with E-state index in [1.165, 1.54) is 16.4 Å². The SMILES string of the molecule is C[C@H]1CN(S(=O)(=O)c2ccc(F)cc2)c2cc(NC(=O)C(C)(C)c3ccc(Cl)cc3)ccc2O1. The Morgan fingerprint density at radius 1 is 1.09 bits per heavy atom. The molecule has 178 valence electrons. The summed E-state index contributed by atoms with van der Waals surface area (Å²) in [6.07, 6.45) is -0.396. The summed E-state index contributed by atoms with van der Waals surface area (Å²) in [6.45, 7) is 5.42. The summed E-state index contributed by atoms with van der Waals surface area (Å²) in [7, 11) is -3.98. The van der Waals surface area contributed by atoms with Gasteiger partial charge in [-0.2, -0.15) is 0 Å². The van der Waals surface area contributed by atoms with E-state index in [2.05, 4.69) is 5.32 Å². The molecule has 1 aliphatic heterocycles. The summed E-state index contributed by atoms with van der Waals surface area (Å²) < 4.78 is 47.1. The van der Waals surface area contributed by atoms with Crippen molar-refractivity contribution in [3.63, 3.8) is 0 Å². The van der Waals surface area contributed by atoms with Crippen molar-refractivity contribution >= 4 is 38.9 Å². The molecule has 34 heavy (non-hydrogen) atoms. The topological polar surface area (TPSA) is 75.7 Å². The average Bonchev–Trinajstić information content (AvgIpc) is 2.79. The Morgan fingerprint density at radius 2 is 1.74 bits per heavy atom. The van der Waals surface area contributed by atoms with Gasteiger partial charge in [0, 0.05) is 10.7 Å². The van der Waals surface area contributed by atoms with Crippen LogP contribution in [0.25, 0.3) is 0 Å². The van der Waals surface area contributed by atoms with Gasteiger partial charge >= 0.3 is 0 Å². The molecule has 0 aliphatic carbocycles. The third-order valence-corrected chi connectivity index (χ3v) is 7.82. The molecule has 0 radical (unpaired) electrons. The Balaban J connectivity index is 1.66. The van der Waals surface area contributed by atoms with Gasteiger partial charge in [0.25, 0.3) is 10.0 Å². The predicted octanol–water partition coefficient (Wildman–Crippen LogP) is 5.37. The van der Waals surface area contributed by atoms with Crippen LogP contribution in [-0.2, 0) is 20.2 Å². The summed E-state index contributed by atoms with van der Waals surface area (Å²) >= 11 is 5.97. The largest absolute Gasteiger partial charge is 0.487 e. The number of hydrogen-bond donors (Lipinski definition) is 1. The first kappa shape index (κ1) is 24.0. The molecular weight excluding hydrogens is 479 g/mol. The molecular formula is C25H24ClFN2O4S. The van der Waals surface area contributed by atoms with Gasteiger partial charge in [-0.05, 0) is 80.9 Å². The Morgan fingerprint density at radius 3 is 2.38 bits per heavy atom. The predicted molar refractivity (Wildman–Crippen MR) is 131 cm³/mol. The second-order valence-electron chi connectivity index (χ2n) is 8.69. The molecule has 0 aromatic heterocycles. The number of carbonyl (C=O) groups is 1. The fraction of sp³-hybridized carbons (Fsp3) is 0.240. The Bertz CT molecular complexity index is 1330. The summed E-state index contributed by atoms with van der Waals surface area (Å²) in [4.78, 5) is 13.1. The van der Waals surface area contributed by atoms with E-state index in [1.54, 1.807) is 63.2 Å². The van der Waals surface area contributed by atoms with Crippen molar-refractivity contribution in [3.8, 4) is 5.75 Å². The zero-order valence-corrected chi connectivity index (χ0v) is 20.5. The lowest BCUT2D eigenvalue weighted by atomic mass is 9.83. The van der Waals surface area contributed by atoms with Crippen LogP contribution in [0, 0.1) is 5.82 Å². The number of anilines is 2. The van der Waals surface area contributed by atoms with Crippen molar-refractivity contribution in [2.45, 2.75) is 37.2 Å². The van der Waals surface area contributed by atoms with E-state index < -0.39 is 27.4 Å². The van der Waals surface area contributed by atoms with Gasteiger partial charge in [0.15, 0.2) is 0 Å². The third kappa shape index (κ3) is 4.60. The van der Waals surface area contributed by atoms with Crippen molar-refractivity contribution in [1.29, 1.82) is 0 Å². The average molecular weight is 503 g/mol. The number of fused-ring (bicyclic) bond motifs is 1. The number of halogens is 2. The van der Waals surface area contributed by atoms with E-state index in [0.717, 1.165) is 17.7 Å². The van der Waals surface area contributed by atoms with Crippen LogP contribution in [-0.4, -0.2) is 27.0 Å². The molecule has 0 spiro atoms. The molecule has 1 aliphatic rings. The highest BCUT2D eigenvalue weighted by atomic mass is 35.5. The second kappa shape index (κ2) is 8.92. The Labute approximate surface area is 203 Å². The van der Waals surface area contributed by atoms with Gasteiger partial charge in [0.05, 0.1) is 22.5 Å². The molecule has 0 saturated heterocycles.